The molecule has 0 aromatic heterocycles. The van der Waals surface area contributed by atoms with Crippen LogP contribution in [0.4, 0.5) is 4.39 Å². The van der Waals surface area contributed by atoms with Gasteiger partial charge in [-0.05, 0) is 42.7 Å². The van der Waals surface area contributed by atoms with Crippen LogP contribution in [0.2, 0.25) is 0 Å². The van der Waals surface area contributed by atoms with Gasteiger partial charge in [-0.25, -0.2) is 4.39 Å². The van der Waals surface area contributed by atoms with E-state index in [0.29, 0.717) is 17.9 Å². The maximum absolute atomic E-state index is 13.1. The monoisotopic (exact) mass is 298 g/mol. The number of benzene rings is 2. The number of halogens is 1. The number of carbonyl (C=O) groups excluding carboxylic acids is 1. The third kappa shape index (κ3) is 3.53. The van der Waals surface area contributed by atoms with Crippen LogP contribution in [0.5, 0.6) is 5.75 Å². The molecule has 2 aromatic rings. The summed E-state index contributed by atoms with van der Waals surface area (Å²) in [6.07, 6.45) is 4.28. The van der Waals surface area contributed by atoms with Crippen molar-refractivity contribution < 1.29 is 13.9 Å². The first-order chi connectivity index (χ1) is 10.7. The molecule has 0 spiro atoms. The summed E-state index contributed by atoms with van der Waals surface area (Å²) < 4.78 is 18.8. The predicted octanol–water partition coefficient (Wildman–Crippen LogP) is 4.78. The highest BCUT2D eigenvalue weighted by Crippen LogP contribution is 2.29. The van der Waals surface area contributed by atoms with E-state index < -0.39 is 0 Å². The van der Waals surface area contributed by atoms with Gasteiger partial charge in [0.25, 0.3) is 0 Å². The minimum absolute atomic E-state index is 0.165. The molecule has 0 heterocycles. The number of hydrogen-bond donors (Lipinski definition) is 0. The Hall–Kier alpha value is -2.16. The van der Waals surface area contributed by atoms with E-state index in [-0.39, 0.29) is 17.5 Å². The minimum Gasteiger partial charge on any atom is -0.489 e. The lowest BCUT2D eigenvalue weighted by atomic mass is 9.96. The van der Waals surface area contributed by atoms with Gasteiger partial charge in [-0.3, -0.25) is 4.79 Å². The van der Waals surface area contributed by atoms with E-state index in [1.807, 2.05) is 24.3 Å². The van der Waals surface area contributed by atoms with E-state index in [1.54, 1.807) is 12.1 Å². The Balaban J connectivity index is 1.67. The zero-order chi connectivity index (χ0) is 15.4. The molecular weight excluding hydrogens is 279 g/mol. The molecule has 1 aliphatic rings. The second-order valence-electron chi connectivity index (χ2n) is 5.79. The van der Waals surface area contributed by atoms with Crippen molar-refractivity contribution in [3.8, 4) is 5.75 Å². The molecule has 0 atom stereocenters. The van der Waals surface area contributed by atoms with Crippen molar-refractivity contribution in [2.24, 2.45) is 5.92 Å². The molecule has 1 saturated carbocycles. The molecule has 0 saturated heterocycles. The summed E-state index contributed by atoms with van der Waals surface area (Å²) in [5.74, 6) is 0.756. The Morgan fingerprint density at radius 3 is 2.64 bits per heavy atom. The maximum atomic E-state index is 13.1. The Kier molecular flexibility index (Phi) is 4.52. The summed E-state index contributed by atoms with van der Waals surface area (Å²) in [4.78, 5) is 12.4. The van der Waals surface area contributed by atoms with Gasteiger partial charge in [0.15, 0.2) is 5.78 Å². The lowest BCUT2D eigenvalue weighted by molar-refractivity contribution is 0.0922. The van der Waals surface area contributed by atoms with Gasteiger partial charge < -0.3 is 4.74 Å². The Labute approximate surface area is 129 Å². The molecule has 0 N–H and O–H groups in total. The second-order valence-corrected chi connectivity index (χ2v) is 5.79. The first-order valence-corrected chi connectivity index (χ1v) is 7.74. The molecule has 0 bridgehead atoms. The molecule has 0 unspecified atom stereocenters. The normalized spacial score (nSPS) is 15.0. The maximum Gasteiger partial charge on any atom is 0.166 e. The molecule has 0 radical (unpaired) electrons. The van der Waals surface area contributed by atoms with Crippen LogP contribution in [0.25, 0.3) is 0 Å². The molecule has 0 aliphatic heterocycles. The second kappa shape index (κ2) is 6.73. The highest BCUT2D eigenvalue weighted by molar-refractivity contribution is 5.98. The van der Waals surface area contributed by atoms with Crippen LogP contribution in [0.1, 0.15) is 41.6 Å². The van der Waals surface area contributed by atoms with E-state index in [0.717, 1.165) is 31.2 Å². The lowest BCUT2D eigenvalue weighted by Crippen LogP contribution is -2.11. The Bertz CT molecular complexity index is 660. The van der Waals surface area contributed by atoms with Crippen LogP contribution in [-0.2, 0) is 6.61 Å². The quantitative estimate of drug-likeness (QED) is 0.743. The molecule has 3 heteroatoms. The van der Waals surface area contributed by atoms with E-state index in [9.17, 15) is 9.18 Å². The minimum atomic E-state index is -0.272. The fourth-order valence-corrected chi connectivity index (χ4v) is 2.96. The van der Waals surface area contributed by atoms with E-state index in [1.165, 1.54) is 12.1 Å². The van der Waals surface area contributed by atoms with Crippen molar-refractivity contribution in [1.82, 2.24) is 0 Å². The highest BCUT2D eigenvalue weighted by atomic mass is 19.1. The third-order valence-corrected chi connectivity index (χ3v) is 4.14. The molecule has 3 rings (SSSR count). The zero-order valence-electron chi connectivity index (χ0n) is 12.4. The zero-order valence-corrected chi connectivity index (χ0v) is 12.4. The molecule has 0 amide bonds. The third-order valence-electron chi connectivity index (χ3n) is 4.14. The van der Waals surface area contributed by atoms with Crippen LogP contribution in [0.3, 0.4) is 0 Å². The van der Waals surface area contributed by atoms with Crippen molar-refractivity contribution in [1.29, 1.82) is 0 Å². The summed E-state index contributed by atoms with van der Waals surface area (Å²) in [5.41, 5.74) is 1.48. The number of Topliss-reactive ketones (excluding diaryl/α,β-unsaturated/α-hetero) is 1. The van der Waals surface area contributed by atoms with Gasteiger partial charge in [-0.15, -0.1) is 0 Å². The van der Waals surface area contributed by atoms with Gasteiger partial charge in [0.1, 0.15) is 18.2 Å². The lowest BCUT2D eigenvalue weighted by Gasteiger charge is -2.10. The van der Waals surface area contributed by atoms with Crippen LogP contribution in [0, 0.1) is 11.7 Å². The van der Waals surface area contributed by atoms with Crippen molar-refractivity contribution in [3.63, 3.8) is 0 Å². The smallest absolute Gasteiger partial charge is 0.166 e. The number of ether oxygens (including phenoxy) is 1. The molecule has 1 fully saturated rings. The fourth-order valence-electron chi connectivity index (χ4n) is 2.96. The van der Waals surface area contributed by atoms with Gasteiger partial charge >= 0.3 is 0 Å². The topological polar surface area (TPSA) is 26.3 Å². The van der Waals surface area contributed by atoms with Crippen LogP contribution in [0.15, 0.2) is 48.5 Å². The molecule has 22 heavy (non-hydrogen) atoms. The molecule has 114 valence electrons. The van der Waals surface area contributed by atoms with E-state index in [4.69, 9.17) is 4.74 Å². The standard InChI is InChI=1S/C19H19FO2/c20-17-9-3-5-14(11-17)13-22-18-10-4-8-16(12-18)19(21)15-6-1-2-7-15/h3-5,8-12,15H,1-2,6-7,13H2. The first-order valence-electron chi connectivity index (χ1n) is 7.74. The molecular formula is C19H19FO2. The van der Waals surface area contributed by atoms with Crippen LogP contribution < -0.4 is 4.74 Å². The number of carbonyl (C=O) groups is 1. The first kappa shape index (κ1) is 14.8. The summed E-state index contributed by atoms with van der Waals surface area (Å²) in [5, 5.41) is 0. The van der Waals surface area contributed by atoms with Gasteiger partial charge in [0.2, 0.25) is 0 Å². The molecule has 2 nitrogen and oxygen atoms in total. The molecule has 2 aromatic carbocycles. The van der Waals surface area contributed by atoms with Crippen LogP contribution in [-0.4, -0.2) is 5.78 Å². The van der Waals surface area contributed by atoms with Gasteiger partial charge in [-0.1, -0.05) is 37.1 Å². The Morgan fingerprint density at radius 1 is 1.09 bits per heavy atom. The van der Waals surface area contributed by atoms with Crippen molar-refractivity contribution >= 4 is 5.78 Å². The Morgan fingerprint density at radius 2 is 1.86 bits per heavy atom. The van der Waals surface area contributed by atoms with E-state index in [2.05, 4.69) is 0 Å². The summed E-state index contributed by atoms with van der Waals surface area (Å²) >= 11 is 0. The van der Waals surface area contributed by atoms with Gasteiger partial charge in [0, 0.05) is 11.5 Å². The summed E-state index contributed by atoms with van der Waals surface area (Å²) in [7, 11) is 0. The van der Waals surface area contributed by atoms with Crippen molar-refractivity contribution in [2.75, 3.05) is 0 Å². The largest absolute Gasteiger partial charge is 0.489 e. The van der Waals surface area contributed by atoms with E-state index >= 15 is 0 Å². The van der Waals surface area contributed by atoms with Gasteiger partial charge in [0.05, 0.1) is 0 Å². The van der Waals surface area contributed by atoms with Crippen molar-refractivity contribution in [3.05, 3.63) is 65.5 Å². The molecule has 1 aliphatic carbocycles. The van der Waals surface area contributed by atoms with Gasteiger partial charge in [-0.2, -0.15) is 0 Å². The SMILES string of the molecule is O=C(c1cccc(OCc2cccc(F)c2)c1)C1CCCC1. The average molecular weight is 298 g/mol. The number of ketones is 1. The van der Waals surface area contributed by atoms with Crippen LogP contribution >= 0.6 is 0 Å². The summed E-state index contributed by atoms with van der Waals surface area (Å²) in [6.45, 7) is 0.291. The summed E-state index contributed by atoms with van der Waals surface area (Å²) in [6, 6.07) is 13.6. The predicted molar refractivity (Wildman–Crippen MR) is 83.5 cm³/mol. The van der Waals surface area contributed by atoms with Crippen molar-refractivity contribution in [2.45, 2.75) is 32.3 Å². The highest BCUT2D eigenvalue weighted by Gasteiger charge is 2.23. The fraction of sp³-hybridized carbons (Fsp3) is 0.316. The number of hydrogen-bond acceptors (Lipinski definition) is 2. The average Bonchev–Trinajstić information content (AvgIpc) is 3.07. The number of rotatable bonds is 5.